The fraction of sp³-hybridized carbons (Fsp3) is 0.960. The van der Waals surface area contributed by atoms with Crippen LogP contribution >= 0.6 is 0 Å². The Morgan fingerprint density at radius 2 is 0.921 bits per heavy atom. The zero-order valence-electron chi connectivity index (χ0n) is 23.7. The molecule has 3 N–H and O–H groups in total. The first-order chi connectivity index (χ1) is 18.4. The second kappa shape index (κ2) is 27.4. The Balaban J connectivity index is 3.79. The van der Waals surface area contributed by atoms with Gasteiger partial charge in [0.2, 0.25) is 0 Å². The van der Waals surface area contributed by atoms with Crippen molar-refractivity contribution in [3.05, 3.63) is 0 Å². The molecule has 0 saturated carbocycles. The third-order valence-corrected chi connectivity index (χ3v) is 4.53. The molecule has 0 aromatic rings. The second-order valence-electron chi connectivity index (χ2n) is 9.00. The van der Waals surface area contributed by atoms with Crippen LogP contribution in [0.25, 0.3) is 0 Å². The molecule has 0 fully saturated rings. The maximum absolute atomic E-state index is 11.5. The van der Waals surface area contributed by atoms with Gasteiger partial charge in [-0.15, -0.1) is 0 Å². The molecule has 0 aliphatic rings. The number of aliphatic hydroxyl groups is 2. The second-order valence-corrected chi connectivity index (χ2v) is 9.00. The van der Waals surface area contributed by atoms with Crippen molar-refractivity contribution in [3.63, 3.8) is 0 Å². The van der Waals surface area contributed by atoms with E-state index < -0.39 is 11.7 Å². The first kappa shape index (κ1) is 36.9. The van der Waals surface area contributed by atoms with Gasteiger partial charge in [-0.2, -0.15) is 0 Å². The van der Waals surface area contributed by atoms with Crippen LogP contribution in [0.2, 0.25) is 0 Å². The molecule has 0 saturated heterocycles. The van der Waals surface area contributed by atoms with Gasteiger partial charge in [-0.25, -0.2) is 4.79 Å². The first-order valence-corrected chi connectivity index (χ1v) is 13.3. The molecule has 0 bridgehead atoms. The minimum Gasteiger partial charge on any atom is -0.444 e. The number of carbonyl (C=O) groups is 1. The lowest BCUT2D eigenvalue weighted by molar-refractivity contribution is -0.00101. The largest absolute Gasteiger partial charge is 0.444 e. The SMILES string of the molecule is CC(C)(C)OC(=O)NCCOCCOCCOCCN(CCOCCOCCO)CCOCCOCCO. The van der Waals surface area contributed by atoms with Crippen LogP contribution in [0.1, 0.15) is 20.8 Å². The van der Waals surface area contributed by atoms with E-state index in [1.807, 2.05) is 20.8 Å². The molecule has 0 radical (unpaired) electrons. The van der Waals surface area contributed by atoms with Crippen LogP contribution < -0.4 is 5.32 Å². The number of nitrogens with zero attached hydrogens (tertiary/aromatic N) is 1. The van der Waals surface area contributed by atoms with Crippen LogP contribution in [0.5, 0.6) is 0 Å². The number of aliphatic hydroxyl groups excluding tert-OH is 2. The minimum absolute atomic E-state index is 0.00668. The highest BCUT2D eigenvalue weighted by molar-refractivity contribution is 5.67. The van der Waals surface area contributed by atoms with Crippen molar-refractivity contribution >= 4 is 6.09 Å². The highest BCUT2D eigenvalue weighted by Crippen LogP contribution is 2.06. The maximum Gasteiger partial charge on any atom is 0.407 e. The lowest BCUT2D eigenvalue weighted by atomic mass is 10.2. The van der Waals surface area contributed by atoms with Crippen molar-refractivity contribution in [2.45, 2.75) is 26.4 Å². The lowest BCUT2D eigenvalue weighted by Gasteiger charge is -2.22. The minimum atomic E-state index is -0.518. The Morgan fingerprint density at radius 1 is 0.579 bits per heavy atom. The van der Waals surface area contributed by atoms with E-state index >= 15 is 0 Å². The van der Waals surface area contributed by atoms with Crippen LogP contribution in [-0.2, 0) is 37.9 Å². The molecule has 0 rings (SSSR count). The van der Waals surface area contributed by atoms with Gasteiger partial charge in [0.25, 0.3) is 0 Å². The topological polar surface area (TPSA) is 147 Å². The summed E-state index contributed by atoms with van der Waals surface area (Å²) in [4.78, 5) is 13.7. The maximum atomic E-state index is 11.5. The standard InChI is InChI=1S/C25H52N2O11/c1-25(2,3)38-24(30)26-4-10-31-16-22-37-23-19-34-13-7-27(5-11-32-17-20-35-14-8-28)6-12-33-18-21-36-15-9-29/h28-29H,4-23H2,1-3H3,(H,26,30). The summed E-state index contributed by atoms with van der Waals surface area (Å²) in [5.41, 5.74) is -0.518. The highest BCUT2D eigenvalue weighted by atomic mass is 16.6. The summed E-state index contributed by atoms with van der Waals surface area (Å²) in [7, 11) is 0. The number of rotatable bonds is 28. The third-order valence-electron chi connectivity index (χ3n) is 4.53. The van der Waals surface area contributed by atoms with Crippen LogP contribution in [0, 0.1) is 0 Å². The number of carbonyl (C=O) groups excluding carboxylic acids is 1. The van der Waals surface area contributed by atoms with Gasteiger partial charge in [-0.05, 0) is 20.8 Å². The molecule has 0 spiro atoms. The van der Waals surface area contributed by atoms with Gasteiger partial charge >= 0.3 is 6.09 Å². The van der Waals surface area contributed by atoms with E-state index in [0.29, 0.717) is 99.0 Å². The summed E-state index contributed by atoms with van der Waals surface area (Å²) in [6.45, 7) is 14.4. The van der Waals surface area contributed by atoms with Crippen LogP contribution in [0.15, 0.2) is 0 Å². The number of alkyl carbamates (subject to hydrolysis) is 1. The Kier molecular flexibility index (Phi) is 26.6. The predicted octanol–water partition coefficient (Wildman–Crippen LogP) is -0.0861. The quantitative estimate of drug-likeness (QED) is 0.111. The van der Waals surface area contributed by atoms with Gasteiger partial charge < -0.3 is 53.4 Å². The first-order valence-electron chi connectivity index (χ1n) is 13.3. The van der Waals surface area contributed by atoms with E-state index in [0.717, 1.165) is 19.6 Å². The normalized spacial score (nSPS) is 11.8. The third kappa shape index (κ3) is 29.4. The summed E-state index contributed by atoms with van der Waals surface area (Å²) in [5, 5.41) is 20.0. The summed E-state index contributed by atoms with van der Waals surface area (Å²) in [6.07, 6.45) is -0.458. The zero-order chi connectivity index (χ0) is 28.2. The zero-order valence-corrected chi connectivity index (χ0v) is 23.7. The Labute approximate surface area is 227 Å². The number of amides is 1. The van der Waals surface area contributed by atoms with Crippen molar-refractivity contribution in [1.29, 1.82) is 0 Å². The molecule has 13 heteroatoms. The molecule has 38 heavy (non-hydrogen) atoms. The highest BCUT2D eigenvalue weighted by Gasteiger charge is 2.15. The smallest absolute Gasteiger partial charge is 0.407 e. The molecule has 0 unspecified atom stereocenters. The van der Waals surface area contributed by atoms with Crippen molar-refractivity contribution in [1.82, 2.24) is 10.2 Å². The molecule has 0 aliphatic carbocycles. The van der Waals surface area contributed by atoms with Crippen LogP contribution in [0.3, 0.4) is 0 Å². The Bertz CT molecular complexity index is 492. The van der Waals surface area contributed by atoms with E-state index in [-0.39, 0.29) is 13.2 Å². The van der Waals surface area contributed by atoms with Crippen LogP contribution in [0.4, 0.5) is 4.79 Å². The molecule has 0 atom stereocenters. The van der Waals surface area contributed by atoms with Gasteiger partial charge in [-0.3, -0.25) is 4.90 Å². The lowest BCUT2D eigenvalue weighted by Crippen LogP contribution is -2.34. The Morgan fingerprint density at radius 3 is 1.29 bits per heavy atom. The van der Waals surface area contributed by atoms with E-state index in [9.17, 15) is 4.79 Å². The summed E-state index contributed by atoms with van der Waals surface area (Å²) >= 11 is 0. The van der Waals surface area contributed by atoms with Crippen LogP contribution in [-0.4, -0.2) is 159 Å². The van der Waals surface area contributed by atoms with Crippen molar-refractivity contribution < 1.29 is 52.9 Å². The van der Waals surface area contributed by atoms with E-state index in [2.05, 4.69) is 10.2 Å². The van der Waals surface area contributed by atoms with E-state index in [1.165, 1.54) is 0 Å². The van der Waals surface area contributed by atoms with Gasteiger partial charge in [0, 0.05) is 26.2 Å². The molecule has 0 aromatic heterocycles. The van der Waals surface area contributed by atoms with Crippen molar-refractivity contribution in [3.8, 4) is 0 Å². The number of ether oxygens (including phenoxy) is 8. The fourth-order valence-electron chi connectivity index (χ4n) is 2.77. The molecule has 228 valence electrons. The summed E-state index contributed by atoms with van der Waals surface area (Å²) in [6, 6.07) is 0. The molecule has 1 amide bonds. The van der Waals surface area contributed by atoms with Gasteiger partial charge in [0.05, 0.1) is 106 Å². The summed E-state index contributed by atoms with van der Waals surface area (Å²) < 4.78 is 43.3. The molecule has 0 aliphatic heterocycles. The van der Waals surface area contributed by atoms with Crippen molar-refractivity contribution in [2.75, 3.05) is 132 Å². The molecule has 0 heterocycles. The molecule has 13 nitrogen and oxygen atoms in total. The van der Waals surface area contributed by atoms with E-state index in [4.69, 9.17) is 48.1 Å². The van der Waals surface area contributed by atoms with Gasteiger partial charge in [-0.1, -0.05) is 0 Å². The number of nitrogens with one attached hydrogen (secondary N) is 1. The monoisotopic (exact) mass is 556 g/mol. The van der Waals surface area contributed by atoms with Gasteiger partial charge in [0.15, 0.2) is 0 Å². The number of hydrogen-bond acceptors (Lipinski definition) is 12. The predicted molar refractivity (Wildman–Crippen MR) is 141 cm³/mol. The molecular weight excluding hydrogens is 504 g/mol. The average molecular weight is 557 g/mol. The Hall–Kier alpha value is -1.13. The van der Waals surface area contributed by atoms with E-state index in [1.54, 1.807) is 0 Å². The van der Waals surface area contributed by atoms with Gasteiger partial charge in [0.1, 0.15) is 5.60 Å². The fourth-order valence-corrected chi connectivity index (χ4v) is 2.77. The summed E-state index contributed by atoms with van der Waals surface area (Å²) in [5.74, 6) is 0. The molecular formula is C25H52N2O11. The molecule has 0 aromatic carbocycles. The van der Waals surface area contributed by atoms with Crippen molar-refractivity contribution in [2.24, 2.45) is 0 Å². The number of hydrogen-bond donors (Lipinski definition) is 3. The average Bonchev–Trinajstić information content (AvgIpc) is 2.86.